The van der Waals surface area contributed by atoms with Crippen LogP contribution in [0.3, 0.4) is 0 Å². The van der Waals surface area contributed by atoms with Crippen LogP contribution in [-0.2, 0) is 9.53 Å². The van der Waals surface area contributed by atoms with Crippen LogP contribution in [0.1, 0.15) is 10.4 Å². The number of thiazole rings is 2. The first-order valence-electron chi connectivity index (χ1n) is 12.6. The summed E-state index contributed by atoms with van der Waals surface area (Å²) in [5, 5.41) is 7.34. The Morgan fingerprint density at radius 1 is 0.878 bits per heavy atom. The van der Waals surface area contributed by atoms with Crippen LogP contribution in [0.2, 0.25) is 0 Å². The number of hydrogen-bond acceptors (Lipinski definition) is 9. The molecule has 0 unspecified atom stereocenters. The molecule has 204 valence electrons. The normalized spacial score (nSPS) is 11.0. The largest absolute Gasteiger partial charge is 0.493 e. The molecule has 0 saturated carbocycles. The predicted molar refractivity (Wildman–Crippen MR) is 162 cm³/mol. The van der Waals surface area contributed by atoms with Gasteiger partial charge in [-0.05, 0) is 41.8 Å². The number of esters is 1. The molecule has 0 spiro atoms. The van der Waals surface area contributed by atoms with Gasteiger partial charge in [0.2, 0.25) is 0 Å². The van der Waals surface area contributed by atoms with Crippen LogP contribution in [0.5, 0.6) is 11.5 Å². The number of amides is 1. The monoisotopic (exact) mass is 581 g/mol. The maximum absolute atomic E-state index is 13.2. The minimum atomic E-state index is -0.593. The van der Waals surface area contributed by atoms with Gasteiger partial charge in [0.1, 0.15) is 5.01 Å². The van der Waals surface area contributed by atoms with Crippen molar-refractivity contribution in [2.75, 3.05) is 26.1 Å². The van der Waals surface area contributed by atoms with Gasteiger partial charge < -0.3 is 14.2 Å². The quantitative estimate of drug-likeness (QED) is 0.192. The van der Waals surface area contributed by atoms with Crippen LogP contribution in [0.25, 0.3) is 42.8 Å². The van der Waals surface area contributed by atoms with Crippen molar-refractivity contribution in [3.05, 3.63) is 89.8 Å². The van der Waals surface area contributed by atoms with Gasteiger partial charge in [0.05, 0.1) is 35.7 Å². The van der Waals surface area contributed by atoms with Gasteiger partial charge in [0.25, 0.3) is 5.91 Å². The predicted octanol–water partition coefficient (Wildman–Crippen LogP) is 7.05. The van der Waals surface area contributed by atoms with E-state index in [1.54, 1.807) is 43.8 Å². The molecule has 0 aliphatic rings. The van der Waals surface area contributed by atoms with Gasteiger partial charge in [-0.3, -0.25) is 10.1 Å². The lowest BCUT2D eigenvalue weighted by molar-refractivity contribution is -0.119. The number of methoxy groups -OCH3 is 2. The summed E-state index contributed by atoms with van der Waals surface area (Å²) in [6.45, 7) is -0.455. The highest BCUT2D eigenvalue weighted by Crippen LogP contribution is 2.37. The van der Waals surface area contributed by atoms with Crippen molar-refractivity contribution in [3.8, 4) is 33.3 Å². The molecule has 0 aliphatic heterocycles. The highest BCUT2D eigenvalue weighted by molar-refractivity contribution is 7.21. The number of nitrogens with one attached hydrogen (secondary N) is 1. The minimum absolute atomic E-state index is 0.371. The molecule has 0 fully saturated rings. The average Bonchev–Trinajstić information content (AvgIpc) is 3.66. The Labute approximate surface area is 243 Å². The van der Waals surface area contributed by atoms with Gasteiger partial charge in [-0.2, -0.15) is 0 Å². The first-order valence-corrected chi connectivity index (χ1v) is 14.3. The van der Waals surface area contributed by atoms with Crippen molar-refractivity contribution in [3.63, 3.8) is 0 Å². The average molecular weight is 582 g/mol. The fourth-order valence-corrected chi connectivity index (χ4v) is 6.23. The summed E-state index contributed by atoms with van der Waals surface area (Å²) in [7, 11) is 3.14. The van der Waals surface area contributed by atoms with Crippen molar-refractivity contribution in [2.24, 2.45) is 0 Å². The molecular weight excluding hydrogens is 558 g/mol. The number of carbonyl (C=O) groups is 2. The fourth-order valence-electron chi connectivity index (χ4n) is 4.50. The molecule has 0 atom stereocenters. The van der Waals surface area contributed by atoms with Crippen LogP contribution in [0, 0.1) is 0 Å². The standard InChI is InChI=1S/C31H23N3O5S2/c1-37-24-14-13-19(15-25(24)38-2)23-17-40-31(33-23)34-27(35)16-39-30(36)21-10-6-8-18-7-5-9-20(28(18)21)29-32-22-11-3-4-12-26(22)41-29/h3-15,17H,16H2,1-2H3,(H,33,34,35). The lowest BCUT2D eigenvalue weighted by Gasteiger charge is -2.10. The Morgan fingerprint density at radius 2 is 1.68 bits per heavy atom. The fraction of sp³-hybridized carbons (Fsp3) is 0.0968. The van der Waals surface area contributed by atoms with Gasteiger partial charge in [-0.25, -0.2) is 14.8 Å². The summed E-state index contributed by atoms with van der Waals surface area (Å²) in [4.78, 5) is 35.1. The maximum Gasteiger partial charge on any atom is 0.339 e. The van der Waals surface area contributed by atoms with E-state index in [-0.39, 0.29) is 0 Å². The van der Waals surface area contributed by atoms with E-state index < -0.39 is 18.5 Å². The number of aromatic nitrogens is 2. The van der Waals surface area contributed by atoms with Crippen molar-refractivity contribution < 1.29 is 23.8 Å². The molecule has 41 heavy (non-hydrogen) atoms. The number of anilines is 1. The third-order valence-electron chi connectivity index (χ3n) is 6.41. The lowest BCUT2D eigenvalue weighted by atomic mass is 9.99. The lowest BCUT2D eigenvalue weighted by Crippen LogP contribution is -2.21. The Morgan fingerprint density at radius 3 is 2.49 bits per heavy atom. The minimum Gasteiger partial charge on any atom is -0.493 e. The van der Waals surface area contributed by atoms with E-state index in [1.165, 1.54) is 11.3 Å². The van der Waals surface area contributed by atoms with Gasteiger partial charge in [0, 0.05) is 21.9 Å². The van der Waals surface area contributed by atoms with Crippen LogP contribution in [0.15, 0.2) is 84.2 Å². The van der Waals surface area contributed by atoms with Crippen molar-refractivity contribution in [2.45, 2.75) is 0 Å². The highest BCUT2D eigenvalue weighted by Gasteiger charge is 2.19. The van der Waals surface area contributed by atoms with Crippen molar-refractivity contribution in [1.82, 2.24) is 9.97 Å². The van der Waals surface area contributed by atoms with Crippen molar-refractivity contribution >= 4 is 60.7 Å². The summed E-state index contributed by atoms with van der Waals surface area (Å²) in [5.74, 6) is 0.109. The molecule has 1 amide bonds. The molecule has 10 heteroatoms. The van der Waals surface area contributed by atoms with E-state index in [0.29, 0.717) is 27.9 Å². The zero-order chi connectivity index (χ0) is 28.3. The van der Waals surface area contributed by atoms with Gasteiger partial charge >= 0.3 is 5.97 Å². The molecule has 2 aromatic heterocycles. The number of fused-ring (bicyclic) bond motifs is 2. The zero-order valence-corrected chi connectivity index (χ0v) is 23.7. The van der Waals surface area contributed by atoms with E-state index in [1.807, 2.05) is 66.0 Å². The van der Waals surface area contributed by atoms with E-state index in [4.69, 9.17) is 19.2 Å². The van der Waals surface area contributed by atoms with Gasteiger partial charge in [0.15, 0.2) is 23.2 Å². The number of hydrogen-bond donors (Lipinski definition) is 1. The number of para-hydroxylation sites is 1. The molecule has 4 aromatic carbocycles. The second-order valence-corrected chi connectivity index (χ2v) is 10.8. The number of ether oxygens (including phenoxy) is 3. The summed E-state index contributed by atoms with van der Waals surface area (Å²) in [6, 6.07) is 24.6. The molecule has 0 saturated heterocycles. The van der Waals surface area contributed by atoms with E-state index in [9.17, 15) is 9.59 Å². The van der Waals surface area contributed by atoms with E-state index >= 15 is 0 Å². The molecule has 8 nitrogen and oxygen atoms in total. The number of benzene rings is 4. The SMILES string of the molecule is COc1ccc(-c2csc(NC(=O)COC(=O)c3cccc4cccc(-c5nc6ccccc6s5)c34)n2)cc1OC. The summed E-state index contributed by atoms with van der Waals surface area (Å²) >= 11 is 2.83. The Kier molecular flexibility index (Phi) is 7.32. The zero-order valence-electron chi connectivity index (χ0n) is 22.0. The smallest absolute Gasteiger partial charge is 0.339 e. The molecule has 0 bridgehead atoms. The third kappa shape index (κ3) is 5.34. The van der Waals surface area contributed by atoms with Crippen LogP contribution in [0.4, 0.5) is 5.13 Å². The summed E-state index contributed by atoms with van der Waals surface area (Å²) in [5.41, 5.74) is 3.59. The number of rotatable bonds is 8. The van der Waals surface area contributed by atoms with Crippen LogP contribution in [-0.4, -0.2) is 42.7 Å². The van der Waals surface area contributed by atoms with Crippen LogP contribution < -0.4 is 14.8 Å². The third-order valence-corrected chi connectivity index (χ3v) is 8.24. The molecular formula is C31H23N3O5S2. The summed E-state index contributed by atoms with van der Waals surface area (Å²) < 4.78 is 17.2. The van der Waals surface area contributed by atoms with Gasteiger partial charge in [-0.1, -0.05) is 42.5 Å². The van der Waals surface area contributed by atoms with Gasteiger partial charge in [-0.15, -0.1) is 22.7 Å². The summed E-state index contributed by atoms with van der Waals surface area (Å²) in [6.07, 6.45) is 0. The van der Waals surface area contributed by atoms with E-state index in [2.05, 4.69) is 10.3 Å². The number of nitrogens with zero attached hydrogens (tertiary/aromatic N) is 2. The second-order valence-electron chi connectivity index (χ2n) is 8.93. The van der Waals surface area contributed by atoms with Crippen molar-refractivity contribution in [1.29, 1.82) is 0 Å². The first kappa shape index (κ1) is 26.4. The Hall–Kier alpha value is -4.80. The highest BCUT2D eigenvalue weighted by atomic mass is 32.1. The first-order chi connectivity index (χ1) is 20.0. The molecule has 0 radical (unpaired) electrons. The molecule has 0 aliphatic carbocycles. The topological polar surface area (TPSA) is 99.6 Å². The maximum atomic E-state index is 13.2. The molecule has 1 N–H and O–H groups in total. The Bertz CT molecular complexity index is 1870. The molecule has 6 aromatic rings. The van der Waals surface area contributed by atoms with Crippen LogP contribution >= 0.6 is 22.7 Å². The molecule has 6 rings (SSSR count). The Balaban J connectivity index is 1.18. The number of carbonyl (C=O) groups excluding carboxylic acids is 2. The molecule has 2 heterocycles. The van der Waals surface area contributed by atoms with E-state index in [0.717, 1.165) is 37.1 Å². The second kappa shape index (κ2) is 11.4.